The van der Waals surface area contributed by atoms with E-state index in [1.165, 1.54) is 46.4 Å². The van der Waals surface area contributed by atoms with Crippen LogP contribution in [-0.2, 0) is 79.7 Å². The Morgan fingerprint density at radius 2 is 0.849 bits per heavy atom. The van der Waals surface area contributed by atoms with E-state index in [1.807, 2.05) is 37.7 Å². The third-order valence-corrected chi connectivity index (χ3v) is 28.5. The van der Waals surface area contributed by atoms with Gasteiger partial charge in [-0.05, 0) is 135 Å². The Hall–Kier alpha value is -4.28. The molecule has 0 radical (unpaired) electrons. The molecule has 10 atom stereocenters. The summed E-state index contributed by atoms with van der Waals surface area (Å²) >= 11 is 6.82. The van der Waals surface area contributed by atoms with Crippen molar-refractivity contribution in [2.45, 2.75) is 192 Å². The van der Waals surface area contributed by atoms with Crippen molar-refractivity contribution in [3.05, 3.63) is 59.7 Å². The van der Waals surface area contributed by atoms with E-state index < -0.39 is 36.1 Å². The maximum atomic E-state index is 13.6. The number of ether oxygens (including phenoxy) is 6. The lowest BCUT2D eigenvalue weighted by Crippen LogP contribution is -2.36. The van der Waals surface area contributed by atoms with Gasteiger partial charge < -0.3 is 54.6 Å². The van der Waals surface area contributed by atoms with Crippen molar-refractivity contribution in [1.29, 1.82) is 0 Å². The number of carbonyl (C=O) groups is 12. The molecule has 1 amide bonds. The lowest BCUT2D eigenvalue weighted by atomic mass is 9.95. The minimum Gasteiger partial charge on any atom is -0.481 e. The van der Waals surface area contributed by atoms with E-state index in [4.69, 9.17) is 36.3 Å². The number of amides is 1. The summed E-state index contributed by atoms with van der Waals surface area (Å²) in [7, 11) is 12.2. The van der Waals surface area contributed by atoms with E-state index in [-0.39, 0.29) is 136 Å². The van der Waals surface area contributed by atoms with Crippen LogP contribution in [0, 0.1) is 23.7 Å². The summed E-state index contributed by atoms with van der Waals surface area (Å²) in [6, 6.07) is 13.3. The number of Topliss-reactive ketones (excluding diaryl/α,β-unsaturated/α-hetero) is 7. The van der Waals surface area contributed by atoms with Crippen LogP contribution in [-0.4, -0.2) is 220 Å². The Bertz CT molecular complexity index is 2970. The standard InChI is InChI=1S/C53H77N3O13S6.C20H32O7S2.2CH4/c1-7-41(51(62)56-22-28-73-75-30-26-67-53(64)69-45-16-12-40(13-17-45)32-47(55-6)38(4)59)34-70-49-18-19-50(49)71-35-42(33-43(60)21-24-65-23-20-36(2)57)48(61)9-8-27-72-74-29-25-66-52(63)68-44-14-10-39(11-15-44)31-46(54-5)37(3)58;1-3-14(19(23)24)11-28-17-4-5-18(17)29-12-15(20(25)26)10-16(22)7-9-27-8-6-13(2)21;;/h10-17,41-42,46-47,49-50,54-55H,7-9,18-35H2,1-6H3,(H,56,62);14-15,17-18H,3-12H2,1-2H3,(H,23,24)(H,25,26);2*1H4/i;;2*1D. The maximum Gasteiger partial charge on any atom is 0.513 e. The third-order valence-electron chi connectivity index (χ3n) is 16.9. The molecule has 0 saturated heterocycles. The number of carboxylic acids is 2. The molecule has 4 rings (SSSR count). The van der Waals surface area contributed by atoms with E-state index >= 15 is 0 Å². The smallest absolute Gasteiger partial charge is 0.481 e. The fourth-order valence-corrected chi connectivity index (χ4v) is 20.5. The molecule has 31 heteroatoms. The van der Waals surface area contributed by atoms with Crippen molar-refractivity contribution in [1.82, 2.24) is 16.0 Å². The predicted octanol–water partition coefficient (Wildman–Crippen LogP) is 13.5. The largest absolute Gasteiger partial charge is 0.513 e. The van der Waals surface area contributed by atoms with E-state index in [0.29, 0.717) is 130 Å². The molecular weight excluding hydrogens is 1520 g/mol. The number of aliphatic carboxylic acids is 2. The zero-order valence-corrected chi connectivity index (χ0v) is 69.9. The molecule has 0 aromatic heterocycles. The Morgan fingerprint density at radius 3 is 1.23 bits per heavy atom. The van der Waals surface area contributed by atoms with Crippen LogP contribution in [0.5, 0.6) is 11.5 Å². The van der Waals surface area contributed by atoms with Gasteiger partial charge in [0.1, 0.15) is 65.2 Å². The van der Waals surface area contributed by atoms with Gasteiger partial charge in [0.25, 0.3) is 0 Å². The van der Waals surface area contributed by atoms with Crippen LogP contribution >= 0.6 is 90.2 Å². The number of likely N-dealkylation sites (N-methyl/N-ethyl adjacent to an activating group) is 2. The highest BCUT2D eigenvalue weighted by molar-refractivity contribution is 8.77. The zero-order valence-electron chi connectivity index (χ0n) is 65.3. The first-order valence-corrected chi connectivity index (χ1v) is 44.6. The molecule has 2 aromatic rings. The quantitative estimate of drug-likeness (QED) is 0.0178. The fourth-order valence-electron chi connectivity index (χ4n) is 10.0. The Labute approximate surface area is 664 Å². The van der Waals surface area contributed by atoms with Crippen LogP contribution in [0.1, 0.15) is 160 Å². The Morgan fingerprint density at radius 1 is 0.481 bits per heavy atom. The number of thioether (sulfide) groups is 4. The number of rotatable bonds is 59. The van der Waals surface area contributed by atoms with Crippen molar-refractivity contribution < 1.29 is 98.9 Å². The maximum absolute atomic E-state index is 13.6. The van der Waals surface area contributed by atoms with Gasteiger partial charge in [-0.1, -0.05) is 96.1 Å². The second-order valence-electron chi connectivity index (χ2n) is 25.2. The van der Waals surface area contributed by atoms with Crippen molar-refractivity contribution in [3.63, 3.8) is 0 Å². The number of carbonyl (C=O) groups excluding carboxylic acids is 10. The highest BCUT2D eigenvalue weighted by Gasteiger charge is 2.36. The van der Waals surface area contributed by atoms with Crippen LogP contribution in [0.4, 0.5) is 9.59 Å². The Kier molecular flexibility index (Phi) is 53.9. The summed E-state index contributed by atoms with van der Waals surface area (Å²) in [6.45, 7) is 11.8. The summed E-state index contributed by atoms with van der Waals surface area (Å²) in [5, 5.41) is 29.0. The average molecular weight is 1640 g/mol. The molecule has 0 spiro atoms. The van der Waals surface area contributed by atoms with Gasteiger partial charge in [0, 0.05) is 133 Å². The minimum atomic E-state index is -0.969. The molecule has 600 valence electrons. The normalized spacial score (nSPS) is 16.8. The fraction of sp³-hybridized carbons (Fsp3) is 0.680. The minimum absolute atomic E-state index is 0.0140. The van der Waals surface area contributed by atoms with Crippen molar-refractivity contribution in [3.8, 4) is 11.5 Å². The first-order chi connectivity index (χ1) is 51.9. The summed E-state index contributed by atoms with van der Waals surface area (Å²) in [6.07, 6.45) is 6.97. The van der Waals surface area contributed by atoms with Crippen LogP contribution in [0.2, 0.25) is 0 Å². The van der Waals surface area contributed by atoms with Crippen LogP contribution in [0.15, 0.2) is 48.5 Å². The highest BCUT2D eigenvalue weighted by Crippen LogP contribution is 2.43. The molecule has 0 heterocycles. The van der Waals surface area contributed by atoms with E-state index in [2.05, 4.69) is 16.0 Å². The molecule has 2 aliphatic carbocycles. The van der Waals surface area contributed by atoms with Crippen LogP contribution in [0.25, 0.3) is 0 Å². The van der Waals surface area contributed by atoms with Gasteiger partial charge in [0.15, 0.2) is 0 Å². The van der Waals surface area contributed by atoms with E-state index in [9.17, 15) is 62.6 Å². The molecule has 106 heavy (non-hydrogen) atoms. The Balaban J connectivity index is 0.00000147. The lowest BCUT2D eigenvalue weighted by Gasteiger charge is -2.37. The molecular formula is C75H117N3O20S8. The van der Waals surface area contributed by atoms with Gasteiger partial charge in [0.05, 0.1) is 50.3 Å². The number of ketones is 7. The first-order valence-electron chi connectivity index (χ1n) is 37.5. The van der Waals surface area contributed by atoms with E-state index in [1.54, 1.807) is 125 Å². The molecule has 0 aliphatic heterocycles. The molecule has 2 saturated carbocycles. The molecule has 0 bridgehead atoms. The molecule has 2 aromatic carbocycles. The molecule has 23 nitrogen and oxygen atoms in total. The number of hydrogen-bond acceptors (Lipinski definition) is 28. The first kappa shape index (κ1) is 95.9. The summed E-state index contributed by atoms with van der Waals surface area (Å²) in [5.41, 5.74) is 1.87. The number of carboxylic acid groups (broad SMARTS) is 2. The zero-order chi connectivity index (χ0) is 80.6. The van der Waals surface area contributed by atoms with Crippen molar-refractivity contribution in [2.24, 2.45) is 23.7 Å². The third kappa shape index (κ3) is 44.5. The highest BCUT2D eigenvalue weighted by atomic mass is 33.1. The van der Waals surface area contributed by atoms with E-state index in [0.717, 1.165) is 43.2 Å². The van der Waals surface area contributed by atoms with Crippen molar-refractivity contribution >= 4 is 161 Å². The number of nitrogens with one attached hydrogen (secondary N) is 3. The summed E-state index contributed by atoms with van der Waals surface area (Å²) in [4.78, 5) is 144. The average Bonchev–Trinajstić information content (AvgIpc) is 0.853. The second-order valence-corrected chi connectivity index (χ2v) is 35.7. The topological polar surface area (TPSA) is 337 Å². The number of benzene rings is 2. The SMILES string of the molecule is CCC(CSC1CCC1SCC(CC(=O)CCOCCC(C)=O)C(=O)CCCSSCCOC(=O)Oc1ccc(CC(NC)C(C)=O)cc1)C(=O)NCCSSCCOC(=O)Oc1ccc(CC(NC)C(C)=O)cc1.CCC(CSC1CCC1SCC(CC(=O)CCOCCC(C)=O)C(=O)O)C(=O)O.[2H]C.[2H]C. The molecule has 5 N–H and O–H groups in total. The summed E-state index contributed by atoms with van der Waals surface area (Å²) in [5.74, 6) is 2.16. The molecule has 2 aliphatic rings. The monoisotopic (exact) mass is 1640 g/mol. The second kappa shape index (κ2) is 59.5. The van der Waals surface area contributed by atoms with Gasteiger partial charge >= 0.3 is 24.2 Å². The predicted molar refractivity (Wildman–Crippen MR) is 436 cm³/mol. The van der Waals surface area contributed by atoms with Crippen molar-refractivity contribution in [2.75, 3.05) is 106 Å². The van der Waals surface area contributed by atoms with Gasteiger partial charge in [-0.25, -0.2) is 9.59 Å². The number of hydrogen-bond donors (Lipinski definition) is 5. The van der Waals surface area contributed by atoms with Gasteiger partial charge in [-0.3, -0.25) is 47.9 Å². The van der Waals surface area contributed by atoms with Gasteiger partial charge in [-0.15, -0.1) is 0 Å². The lowest BCUT2D eigenvalue weighted by molar-refractivity contribution is -0.143. The van der Waals surface area contributed by atoms with Gasteiger partial charge in [0.2, 0.25) is 5.91 Å². The molecule has 10 unspecified atom stereocenters. The van der Waals surface area contributed by atoms with Crippen LogP contribution in [0.3, 0.4) is 0 Å². The van der Waals surface area contributed by atoms with Gasteiger partial charge in [-0.2, -0.15) is 47.0 Å². The summed E-state index contributed by atoms with van der Waals surface area (Å²) < 4.78 is 43.2. The molecule has 2 fully saturated rings. The van der Waals surface area contributed by atoms with Crippen LogP contribution < -0.4 is 25.4 Å².